The van der Waals surface area contributed by atoms with Gasteiger partial charge in [-0.15, -0.1) is 12.4 Å². The van der Waals surface area contributed by atoms with Gasteiger partial charge in [0.2, 0.25) is 11.9 Å². The zero-order chi connectivity index (χ0) is 12.4. The lowest BCUT2D eigenvalue weighted by Gasteiger charge is -2.19. The Labute approximate surface area is 112 Å². The van der Waals surface area contributed by atoms with Crippen LogP contribution in [0, 0.1) is 6.92 Å². The Morgan fingerprint density at radius 3 is 2.89 bits per heavy atom. The fraction of sp³-hybridized carbons (Fsp3) is 0.545. The molecule has 0 unspecified atom stereocenters. The molecule has 0 radical (unpaired) electrons. The summed E-state index contributed by atoms with van der Waals surface area (Å²) in [4.78, 5) is 19.8. The van der Waals surface area contributed by atoms with Gasteiger partial charge in [0, 0.05) is 13.3 Å². The van der Waals surface area contributed by atoms with E-state index in [4.69, 9.17) is 0 Å². The van der Waals surface area contributed by atoms with Crippen LogP contribution in [0.5, 0.6) is 0 Å². The van der Waals surface area contributed by atoms with E-state index in [0.717, 1.165) is 30.1 Å². The molecule has 1 aromatic rings. The van der Waals surface area contributed by atoms with Crippen molar-refractivity contribution in [2.75, 3.05) is 5.43 Å². The Morgan fingerprint density at radius 1 is 1.56 bits per heavy atom. The van der Waals surface area contributed by atoms with Crippen molar-refractivity contribution >= 4 is 24.3 Å². The molecule has 1 amide bonds. The number of aryl methyl sites for hydroxylation is 2. The quantitative estimate of drug-likeness (QED) is 0.847. The van der Waals surface area contributed by atoms with Gasteiger partial charge < -0.3 is 0 Å². The topological polar surface area (TPSA) is 71.3 Å². The van der Waals surface area contributed by atoms with Crippen LogP contribution in [0.4, 0.5) is 0 Å². The number of aromatic nitrogens is 2. The summed E-state index contributed by atoms with van der Waals surface area (Å²) in [7, 11) is 0. The van der Waals surface area contributed by atoms with Crippen LogP contribution in [0.3, 0.4) is 0 Å². The Balaban J connectivity index is 0.00000162. The molecule has 6 nitrogen and oxygen atoms in total. The highest BCUT2D eigenvalue weighted by Gasteiger charge is 2.18. The predicted molar refractivity (Wildman–Crippen MR) is 72.5 cm³/mol. The van der Waals surface area contributed by atoms with Crippen LogP contribution in [0.2, 0.25) is 0 Å². The zero-order valence-electron chi connectivity index (χ0n) is 10.8. The summed E-state index contributed by atoms with van der Waals surface area (Å²) in [6, 6.07) is 0. The number of halogens is 1. The van der Waals surface area contributed by atoms with E-state index < -0.39 is 0 Å². The Kier molecular flexibility index (Phi) is 4.72. The number of imidazole rings is 1. The molecule has 100 valence electrons. The second-order valence-corrected chi connectivity index (χ2v) is 4.10. The summed E-state index contributed by atoms with van der Waals surface area (Å²) in [5, 5.41) is 2.65. The highest BCUT2D eigenvalue weighted by Crippen LogP contribution is 2.15. The summed E-state index contributed by atoms with van der Waals surface area (Å²) in [6.45, 7) is 6.10. The minimum Gasteiger partial charge on any atom is -0.296 e. The first-order valence-corrected chi connectivity index (χ1v) is 5.78. The normalized spacial score (nSPS) is 12.9. The van der Waals surface area contributed by atoms with Crippen molar-refractivity contribution in [2.24, 2.45) is 4.99 Å². The first-order valence-electron chi connectivity index (χ1n) is 5.78. The molecule has 2 N–H and O–H groups in total. The van der Waals surface area contributed by atoms with E-state index >= 15 is 0 Å². The molecule has 18 heavy (non-hydrogen) atoms. The molecule has 0 saturated carbocycles. The van der Waals surface area contributed by atoms with Gasteiger partial charge in [-0.1, -0.05) is 6.92 Å². The minimum absolute atomic E-state index is 0. The van der Waals surface area contributed by atoms with E-state index in [0.29, 0.717) is 12.5 Å². The van der Waals surface area contributed by atoms with Gasteiger partial charge in [-0.3, -0.25) is 15.5 Å². The van der Waals surface area contributed by atoms with Gasteiger partial charge in [0.15, 0.2) is 0 Å². The molecule has 0 aromatic carbocycles. The number of hydrogen-bond donors (Lipinski definition) is 2. The first-order chi connectivity index (χ1) is 8.11. The van der Waals surface area contributed by atoms with Crippen molar-refractivity contribution in [3.63, 3.8) is 0 Å². The maximum atomic E-state index is 11.0. The minimum atomic E-state index is -0.131. The molecular weight excluding hydrogens is 254 g/mol. The number of aliphatic imine (C=N–C) groups is 1. The van der Waals surface area contributed by atoms with Gasteiger partial charge in [0.25, 0.3) is 0 Å². The molecule has 0 saturated heterocycles. The van der Waals surface area contributed by atoms with Crippen molar-refractivity contribution in [3.05, 3.63) is 17.2 Å². The third-order valence-electron chi connectivity index (χ3n) is 2.62. The molecule has 0 fully saturated rings. The van der Waals surface area contributed by atoms with Gasteiger partial charge in [-0.25, -0.2) is 14.7 Å². The fourth-order valence-corrected chi connectivity index (χ4v) is 1.86. The number of carbonyl (C=O) groups is 1. The number of nitrogens with one attached hydrogen (secondary N) is 2. The van der Waals surface area contributed by atoms with Gasteiger partial charge in [-0.2, -0.15) is 0 Å². The largest absolute Gasteiger partial charge is 0.296 e. The molecule has 0 aliphatic carbocycles. The van der Waals surface area contributed by atoms with E-state index in [9.17, 15) is 4.79 Å². The van der Waals surface area contributed by atoms with E-state index in [1.54, 1.807) is 0 Å². The van der Waals surface area contributed by atoms with Crippen molar-refractivity contribution in [2.45, 2.75) is 40.2 Å². The summed E-state index contributed by atoms with van der Waals surface area (Å²) in [5.74, 6) is 1.34. The number of amides is 1. The van der Waals surface area contributed by atoms with Crippen LogP contribution < -0.4 is 10.7 Å². The smallest absolute Gasteiger partial charge is 0.223 e. The van der Waals surface area contributed by atoms with Crippen molar-refractivity contribution < 1.29 is 4.79 Å². The third-order valence-corrected chi connectivity index (χ3v) is 2.62. The van der Waals surface area contributed by atoms with Crippen LogP contribution in [-0.4, -0.2) is 21.5 Å². The highest BCUT2D eigenvalue weighted by atomic mass is 35.5. The molecule has 2 heterocycles. The molecule has 0 atom stereocenters. The van der Waals surface area contributed by atoms with Crippen molar-refractivity contribution in [1.82, 2.24) is 15.0 Å². The summed E-state index contributed by atoms with van der Waals surface area (Å²) >= 11 is 0. The molecule has 2 rings (SSSR count). The van der Waals surface area contributed by atoms with Gasteiger partial charge >= 0.3 is 0 Å². The maximum Gasteiger partial charge on any atom is 0.223 e. The number of rotatable bonds is 2. The number of nitrogens with zero attached hydrogens (tertiary/aromatic N) is 3. The van der Waals surface area contributed by atoms with Crippen LogP contribution in [0.1, 0.15) is 37.5 Å². The molecule has 1 aliphatic rings. The number of guanidine groups is 1. The van der Waals surface area contributed by atoms with Crippen molar-refractivity contribution in [3.8, 4) is 0 Å². The van der Waals surface area contributed by atoms with E-state index in [-0.39, 0.29) is 18.3 Å². The second kappa shape index (κ2) is 5.86. The average Bonchev–Trinajstić information content (AvgIpc) is 2.55. The monoisotopic (exact) mass is 271 g/mol. The summed E-state index contributed by atoms with van der Waals surface area (Å²) in [5.41, 5.74) is 5.12. The van der Waals surface area contributed by atoms with E-state index in [2.05, 4.69) is 27.6 Å². The molecule has 0 spiro atoms. The lowest BCUT2D eigenvalue weighted by Crippen LogP contribution is -2.41. The van der Waals surface area contributed by atoms with Gasteiger partial charge in [0.05, 0.1) is 17.9 Å². The number of carbonyl (C=O) groups excluding carboxylic acids is 1. The first kappa shape index (κ1) is 14.5. The van der Waals surface area contributed by atoms with Crippen LogP contribution in [-0.2, 0) is 17.8 Å². The Morgan fingerprint density at radius 2 is 2.28 bits per heavy atom. The van der Waals surface area contributed by atoms with Crippen LogP contribution in [0.25, 0.3) is 0 Å². The molecule has 1 aliphatic heterocycles. The maximum absolute atomic E-state index is 11.0. The summed E-state index contributed by atoms with van der Waals surface area (Å²) in [6.07, 6.45) is 1.94. The molecule has 0 bridgehead atoms. The Hall–Kier alpha value is -1.56. The number of fused-ring (bicyclic) bond motifs is 1. The van der Waals surface area contributed by atoms with Crippen molar-refractivity contribution in [1.29, 1.82) is 0 Å². The lowest BCUT2D eigenvalue weighted by molar-refractivity contribution is -0.117. The zero-order valence-corrected chi connectivity index (χ0v) is 11.6. The second-order valence-electron chi connectivity index (χ2n) is 4.10. The molecule has 1 aromatic heterocycles. The van der Waals surface area contributed by atoms with E-state index in [1.807, 2.05) is 11.6 Å². The SMILES string of the molecule is CCCc1nc(C)c2n1NC(NC(C)=O)=NC2.Cl. The van der Waals surface area contributed by atoms with Crippen LogP contribution >= 0.6 is 12.4 Å². The fourth-order valence-electron chi connectivity index (χ4n) is 1.86. The molecular formula is C11H18ClN5O. The average molecular weight is 272 g/mol. The van der Waals surface area contributed by atoms with Crippen LogP contribution in [0.15, 0.2) is 4.99 Å². The van der Waals surface area contributed by atoms with E-state index in [1.165, 1.54) is 6.92 Å². The van der Waals surface area contributed by atoms with Gasteiger partial charge in [0.1, 0.15) is 5.82 Å². The predicted octanol–water partition coefficient (Wildman–Crippen LogP) is 1.12. The standard InChI is InChI=1S/C11H17N5O.ClH/c1-4-5-10-13-7(2)9-6-12-11(14-8(3)17)15-16(9)10;/h4-6H2,1-3H3,(H2,12,14,15,17);1H. The lowest BCUT2D eigenvalue weighted by atomic mass is 10.3. The number of hydrogen-bond acceptors (Lipinski definition) is 4. The Bertz CT molecular complexity index is 480. The highest BCUT2D eigenvalue weighted by molar-refractivity contribution is 6.00. The summed E-state index contributed by atoms with van der Waals surface area (Å²) < 4.78 is 1.93. The van der Waals surface area contributed by atoms with Gasteiger partial charge in [-0.05, 0) is 13.3 Å². The molecule has 7 heteroatoms. The third kappa shape index (κ3) is 2.81.